The van der Waals surface area contributed by atoms with Gasteiger partial charge in [-0.15, -0.1) is 0 Å². The van der Waals surface area contributed by atoms with Crippen LogP contribution in [0.1, 0.15) is 56.2 Å². The summed E-state index contributed by atoms with van der Waals surface area (Å²) in [5.74, 6) is 2.04. The Morgan fingerprint density at radius 1 is 0.724 bits per heavy atom. The molecule has 0 atom stereocenters. The van der Waals surface area contributed by atoms with Gasteiger partial charge in [0, 0.05) is 5.56 Å². The summed E-state index contributed by atoms with van der Waals surface area (Å²) in [7, 11) is 0. The Morgan fingerprint density at radius 3 is 2.00 bits per heavy atom. The summed E-state index contributed by atoms with van der Waals surface area (Å²) >= 11 is 0. The maximum atomic E-state index is 3.71. The van der Waals surface area contributed by atoms with Gasteiger partial charge in [0.25, 0.3) is 0 Å². The van der Waals surface area contributed by atoms with Crippen LogP contribution >= 0.6 is 0 Å². The van der Waals surface area contributed by atoms with Gasteiger partial charge in [0.15, 0.2) is 6.67 Å². The van der Waals surface area contributed by atoms with Gasteiger partial charge in [-0.25, -0.2) is 4.58 Å². The van der Waals surface area contributed by atoms with E-state index in [1.54, 1.807) is 0 Å². The van der Waals surface area contributed by atoms with Crippen LogP contribution < -0.4 is 10.4 Å². The van der Waals surface area contributed by atoms with E-state index in [-0.39, 0.29) is 0 Å². The normalized spacial score (nSPS) is 14.1. The van der Waals surface area contributed by atoms with Crippen LogP contribution in [0.15, 0.2) is 78.9 Å². The highest BCUT2D eigenvalue weighted by Gasteiger charge is 2.33. The summed E-state index contributed by atoms with van der Waals surface area (Å²) in [6.45, 7) is 9.79. The highest BCUT2D eigenvalue weighted by Crippen LogP contribution is 2.32. The predicted octanol–water partition coefficient (Wildman–Crippen LogP) is 6.01. The van der Waals surface area contributed by atoms with Gasteiger partial charge in [-0.3, -0.25) is 0 Å². The molecule has 0 saturated carbocycles. The third kappa shape index (κ3) is 3.77. The lowest BCUT2D eigenvalue weighted by atomic mass is 10.0. The van der Waals surface area contributed by atoms with Crippen molar-refractivity contribution in [1.29, 1.82) is 0 Å². The second-order valence-electron chi connectivity index (χ2n) is 8.25. The molecule has 3 heteroatoms. The number of hydrogen-bond donors (Lipinski definition) is 1. The Kier molecular flexibility index (Phi) is 5.39. The van der Waals surface area contributed by atoms with E-state index >= 15 is 0 Å². The van der Waals surface area contributed by atoms with Crippen molar-refractivity contribution in [1.82, 2.24) is 5.43 Å². The molecule has 3 nitrogen and oxygen atoms in total. The van der Waals surface area contributed by atoms with Gasteiger partial charge in [0.2, 0.25) is 0 Å². The van der Waals surface area contributed by atoms with Gasteiger partial charge in [-0.05, 0) is 41.7 Å². The standard InChI is InChI=1S/C26H29N3/c1-19(2)22-14-8-10-16-24(22)28-18-29(25-17-11-9-15-23(25)20(3)4)27-26(28)21-12-6-5-7-13-21/h5-17,19-20H,18H2,1-4H3/p+1. The fourth-order valence-electron chi connectivity index (χ4n) is 4.03. The average molecular weight is 385 g/mol. The number of nitrogens with one attached hydrogen (secondary N) is 1. The largest absolute Gasteiger partial charge is 0.307 e. The lowest BCUT2D eigenvalue weighted by Gasteiger charge is -2.19. The zero-order valence-electron chi connectivity index (χ0n) is 17.8. The fraction of sp³-hybridized carbons (Fsp3) is 0.269. The van der Waals surface area contributed by atoms with E-state index < -0.39 is 0 Å². The van der Waals surface area contributed by atoms with Crippen LogP contribution in [0.4, 0.5) is 11.4 Å². The van der Waals surface area contributed by atoms with E-state index in [0.29, 0.717) is 11.8 Å². The van der Waals surface area contributed by atoms with Gasteiger partial charge < -0.3 is 0 Å². The third-order valence-electron chi connectivity index (χ3n) is 5.54. The molecule has 0 radical (unpaired) electrons. The molecule has 0 fully saturated rings. The number of para-hydroxylation sites is 2. The molecule has 1 N–H and O–H groups in total. The Labute approximate surface area is 174 Å². The molecular weight excluding hydrogens is 354 g/mol. The van der Waals surface area contributed by atoms with Crippen LogP contribution in [0.2, 0.25) is 0 Å². The molecule has 1 aliphatic heterocycles. The summed E-state index contributed by atoms with van der Waals surface area (Å²) in [6.07, 6.45) is 0. The number of nitrogens with zero attached hydrogens (tertiary/aromatic N) is 2. The first-order chi connectivity index (χ1) is 14.1. The molecular formula is C26H30N3+. The van der Waals surface area contributed by atoms with E-state index in [9.17, 15) is 0 Å². The number of hydrogen-bond acceptors (Lipinski definition) is 2. The van der Waals surface area contributed by atoms with Gasteiger partial charge in [-0.1, -0.05) is 82.3 Å². The van der Waals surface area contributed by atoms with Crippen molar-refractivity contribution in [3.8, 4) is 0 Å². The van der Waals surface area contributed by atoms with Crippen molar-refractivity contribution in [3.63, 3.8) is 0 Å². The van der Waals surface area contributed by atoms with Crippen LogP contribution in [0.3, 0.4) is 0 Å². The lowest BCUT2D eigenvalue weighted by molar-refractivity contribution is -0.430. The Balaban J connectivity index is 1.83. The third-order valence-corrected chi connectivity index (χ3v) is 5.54. The summed E-state index contributed by atoms with van der Waals surface area (Å²) in [6, 6.07) is 28.0. The van der Waals surface area contributed by atoms with Crippen LogP contribution in [-0.2, 0) is 0 Å². The van der Waals surface area contributed by atoms with Crippen LogP contribution in [0.25, 0.3) is 0 Å². The molecule has 3 aromatic rings. The van der Waals surface area contributed by atoms with E-state index in [2.05, 4.69) is 122 Å². The van der Waals surface area contributed by atoms with Gasteiger partial charge in [0.1, 0.15) is 5.69 Å². The summed E-state index contributed by atoms with van der Waals surface area (Å²) in [5, 5.41) is 2.27. The first-order valence-electron chi connectivity index (χ1n) is 10.5. The van der Waals surface area contributed by atoms with Gasteiger partial charge in [-0.2, -0.15) is 10.4 Å². The van der Waals surface area contributed by atoms with Crippen molar-refractivity contribution >= 4 is 17.2 Å². The van der Waals surface area contributed by atoms with E-state index in [4.69, 9.17) is 0 Å². The average Bonchev–Trinajstić information content (AvgIpc) is 3.19. The maximum absolute atomic E-state index is 3.71. The summed E-state index contributed by atoms with van der Waals surface area (Å²) in [4.78, 5) is 0. The minimum absolute atomic E-state index is 0.459. The maximum Gasteiger partial charge on any atom is 0.307 e. The van der Waals surface area contributed by atoms with Crippen molar-refractivity contribution in [3.05, 3.63) is 95.6 Å². The van der Waals surface area contributed by atoms with Crippen LogP contribution in [0.5, 0.6) is 0 Å². The van der Waals surface area contributed by atoms with E-state index in [1.165, 1.54) is 28.1 Å². The van der Waals surface area contributed by atoms with Crippen LogP contribution in [-0.4, -0.2) is 17.1 Å². The summed E-state index contributed by atoms with van der Waals surface area (Å²) < 4.78 is 2.40. The monoisotopic (exact) mass is 384 g/mol. The number of amidine groups is 1. The predicted molar refractivity (Wildman–Crippen MR) is 122 cm³/mol. The second kappa shape index (κ2) is 8.12. The fourth-order valence-corrected chi connectivity index (χ4v) is 4.03. The number of benzene rings is 3. The number of hydrazine groups is 1. The minimum Gasteiger partial charge on any atom is -0.203 e. The van der Waals surface area contributed by atoms with Crippen molar-refractivity contribution in [2.75, 3.05) is 11.7 Å². The Hall–Kier alpha value is -3.07. The van der Waals surface area contributed by atoms with Gasteiger partial charge >= 0.3 is 5.84 Å². The molecule has 4 rings (SSSR count). The number of anilines is 1. The van der Waals surface area contributed by atoms with E-state index in [0.717, 1.165) is 12.5 Å². The van der Waals surface area contributed by atoms with E-state index in [1.807, 2.05) is 0 Å². The smallest absolute Gasteiger partial charge is 0.203 e. The first kappa shape index (κ1) is 19.3. The zero-order valence-corrected chi connectivity index (χ0v) is 17.8. The minimum atomic E-state index is 0.459. The lowest BCUT2D eigenvalue weighted by Crippen LogP contribution is -2.37. The van der Waals surface area contributed by atoms with Crippen molar-refractivity contribution < 1.29 is 4.58 Å². The first-order valence-corrected chi connectivity index (χ1v) is 10.5. The van der Waals surface area contributed by atoms with Crippen molar-refractivity contribution in [2.45, 2.75) is 39.5 Å². The SMILES string of the molecule is CC(C)c1ccccc1N1C[N+](c2ccccc2C(C)C)=C(c2ccccc2)N1. The molecule has 0 bridgehead atoms. The topological polar surface area (TPSA) is 18.3 Å². The van der Waals surface area contributed by atoms with Crippen molar-refractivity contribution in [2.24, 2.45) is 0 Å². The molecule has 0 aliphatic carbocycles. The summed E-state index contributed by atoms with van der Waals surface area (Å²) in [5.41, 5.74) is 10.1. The molecule has 3 aromatic carbocycles. The molecule has 0 amide bonds. The molecule has 29 heavy (non-hydrogen) atoms. The second-order valence-corrected chi connectivity index (χ2v) is 8.25. The zero-order chi connectivity index (χ0) is 20.4. The quantitative estimate of drug-likeness (QED) is 0.543. The highest BCUT2D eigenvalue weighted by molar-refractivity contribution is 5.97. The Morgan fingerprint density at radius 2 is 1.31 bits per heavy atom. The molecule has 148 valence electrons. The molecule has 1 aliphatic rings. The molecule has 1 heterocycles. The Bertz CT molecular complexity index is 1020. The van der Waals surface area contributed by atoms with Gasteiger partial charge in [0.05, 0.1) is 11.3 Å². The number of rotatable bonds is 5. The highest BCUT2D eigenvalue weighted by atomic mass is 15.6. The molecule has 0 spiro atoms. The van der Waals surface area contributed by atoms with Crippen LogP contribution in [0, 0.1) is 0 Å². The molecule has 0 unspecified atom stereocenters. The molecule has 0 saturated heterocycles. The molecule has 0 aromatic heterocycles.